The third-order valence-electron chi connectivity index (χ3n) is 15.1. The molecule has 3 N–H and O–H groups in total. The monoisotopic (exact) mass is 974 g/mol. The Kier molecular flexibility index (Phi) is 14.8. The van der Waals surface area contributed by atoms with Gasteiger partial charge in [0.25, 0.3) is 5.91 Å². The molecule has 5 heterocycles. The molecule has 0 bridgehead atoms. The zero-order chi connectivity index (χ0) is 49.6. The van der Waals surface area contributed by atoms with Crippen LogP contribution in [0.2, 0.25) is 0 Å². The smallest absolute Gasteiger partial charge is 0.437 e. The van der Waals surface area contributed by atoms with Crippen molar-refractivity contribution in [2.24, 2.45) is 11.8 Å². The number of allylic oxidation sites excluding steroid dienone is 1. The second-order valence-corrected chi connectivity index (χ2v) is 23.0. The first-order valence-electron chi connectivity index (χ1n) is 24.3. The molecule has 4 aliphatic heterocycles. The van der Waals surface area contributed by atoms with Gasteiger partial charge in [-0.2, -0.15) is 13.2 Å². The fraction of sp³-hybridized carbons (Fsp3) is 0.694. The molecule has 0 unspecified atom stereocenters. The van der Waals surface area contributed by atoms with Gasteiger partial charge in [0.2, 0.25) is 21.8 Å². The molecule has 4 amide bonds. The Morgan fingerprint density at radius 3 is 2.35 bits per heavy atom. The summed E-state index contributed by atoms with van der Waals surface area (Å²) in [6.07, 6.45) is 1.93. The van der Waals surface area contributed by atoms with Gasteiger partial charge in [0.1, 0.15) is 41.2 Å². The summed E-state index contributed by atoms with van der Waals surface area (Å²) in [5.74, 6) is -3.32. The maximum absolute atomic E-state index is 15.1. The van der Waals surface area contributed by atoms with Gasteiger partial charge in [0.15, 0.2) is 11.4 Å². The zero-order valence-corrected chi connectivity index (χ0v) is 41.4. The molecular weight excluding hydrogens is 906 g/mol. The molecule has 1 aromatic carbocycles. The summed E-state index contributed by atoms with van der Waals surface area (Å²) >= 11 is 0. The molecule has 2 aromatic rings. The fourth-order valence-electron chi connectivity index (χ4n) is 9.64. The molecule has 376 valence electrons. The summed E-state index contributed by atoms with van der Waals surface area (Å²) in [4.78, 5) is 65.2. The largest absolute Gasteiger partial charge is 0.490 e. The number of amides is 4. The predicted octanol–water partition coefficient (Wildman–Crippen LogP) is 7.34. The van der Waals surface area contributed by atoms with Gasteiger partial charge in [0, 0.05) is 42.4 Å². The van der Waals surface area contributed by atoms with Crippen LogP contribution in [-0.2, 0) is 41.7 Å². The van der Waals surface area contributed by atoms with Crippen molar-refractivity contribution >= 4 is 44.7 Å². The fourth-order valence-corrected chi connectivity index (χ4v) is 11.0. The molecule has 5 aliphatic rings. The van der Waals surface area contributed by atoms with Gasteiger partial charge >= 0.3 is 12.3 Å². The minimum atomic E-state index is -4.95. The first kappa shape index (κ1) is 51.2. The van der Waals surface area contributed by atoms with E-state index in [1.54, 1.807) is 32.1 Å². The van der Waals surface area contributed by atoms with Crippen molar-refractivity contribution in [1.82, 2.24) is 30.1 Å². The number of alkyl carbamates (subject to hydrolysis) is 1. The van der Waals surface area contributed by atoms with E-state index in [0.29, 0.717) is 55.7 Å². The molecule has 1 spiro atoms. The third kappa shape index (κ3) is 10.9. The average molecular weight is 975 g/mol. The molecule has 15 nitrogen and oxygen atoms in total. The van der Waals surface area contributed by atoms with Crippen LogP contribution in [0.25, 0.3) is 10.9 Å². The Bertz CT molecular complexity index is 2390. The van der Waals surface area contributed by atoms with Crippen molar-refractivity contribution in [3.05, 3.63) is 41.6 Å². The number of carbonyl (C=O) groups is 4. The van der Waals surface area contributed by atoms with Crippen LogP contribution >= 0.6 is 0 Å². The number of aryl methyl sites for hydroxylation is 1. The number of piperidine rings is 1. The Labute approximate surface area is 398 Å². The van der Waals surface area contributed by atoms with Gasteiger partial charge in [-0.15, -0.1) is 0 Å². The highest BCUT2D eigenvalue weighted by Gasteiger charge is 2.57. The Balaban J connectivity index is 1.26. The molecule has 3 fully saturated rings. The van der Waals surface area contributed by atoms with Crippen LogP contribution < -0.4 is 24.8 Å². The number of fused-ring (bicyclic) bond motifs is 4. The third-order valence-corrected chi connectivity index (χ3v) is 17.3. The molecular formula is C49H69F3N6O9S. The molecule has 6 atom stereocenters. The molecule has 19 heteroatoms. The number of alkyl halides is 3. The predicted molar refractivity (Wildman–Crippen MR) is 249 cm³/mol. The summed E-state index contributed by atoms with van der Waals surface area (Å²) in [7, 11) is -4.16. The highest BCUT2D eigenvalue weighted by atomic mass is 32.2. The van der Waals surface area contributed by atoms with Crippen molar-refractivity contribution in [2.45, 2.75) is 185 Å². The lowest BCUT2D eigenvalue weighted by Crippen LogP contribution is -2.64. The van der Waals surface area contributed by atoms with E-state index in [1.165, 1.54) is 24.8 Å². The van der Waals surface area contributed by atoms with Crippen molar-refractivity contribution in [2.75, 3.05) is 19.6 Å². The van der Waals surface area contributed by atoms with Crippen LogP contribution in [0.4, 0.5) is 18.0 Å². The molecule has 2 saturated heterocycles. The lowest BCUT2D eigenvalue weighted by Gasteiger charge is -2.37. The highest BCUT2D eigenvalue weighted by molar-refractivity contribution is 7.91. The van der Waals surface area contributed by atoms with E-state index in [1.807, 2.05) is 19.9 Å². The maximum atomic E-state index is 15.1. The molecule has 68 heavy (non-hydrogen) atoms. The van der Waals surface area contributed by atoms with Gasteiger partial charge in [-0.1, -0.05) is 45.8 Å². The molecule has 0 radical (unpaired) electrons. The number of nitrogens with zero attached hydrogens (tertiary/aromatic N) is 3. The van der Waals surface area contributed by atoms with Crippen LogP contribution in [0.15, 0.2) is 30.4 Å². The first-order chi connectivity index (χ1) is 31.8. The van der Waals surface area contributed by atoms with Crippen LogP contribution in [0.5, 0.6) is 11.5 Å². The van der Waals surface area contributed by atoms with E-state index >= 15 is 13.2 Å². The first-order valence-corrected chi connectivity index (χ1v) is 25.8. The van der Waals surface area contributed by atoms with Gasteiger partial charge in [-0.3, -0.25) is 19.1 Å². The van der Waals surface area contributed by atoms with Crippen molar-refractivity contribution in [3.63, 3.8) is 0 Å². The van der Waals surface area contributed by atoms with E-state index in [9.17, 15) is 27.6 Å². The van der Waals surface area contributed by atoms with Crippen molar-refractivity contribution in [1.29, 1.82) is 0 Å². The minimum absolute atomic E-state index is 0.0356. The lowest BCUT2D eigenvalue weighted by atomic mass is 9.84. The van der Waals surface area contributed by atoms with Crippen LogP contribution in [-0.4, -0.2) is 113 Å². The van der Waals surface area contributed by atoms with Crippen LogP contribution in [0.3, 0.4) is 0 Å². The molecule has 7 rings (SSSR count). The number of halogens is 3. The molecule has 1 aliphatic carbocycles. The van der Waals surface area contributed by atoms with E-state index in [4.69, 9.17) is 14.2 Å². The number of sulfonamides is 1. The number of nitrogens with one attached hydrogen (secondary N) is 3. The summed E-state index contributed by atoms with van der Waals surface area (Å²) < 4.78 is 91.7. The summed E-state index contributed by atoms with van der Waals surface area (Å²) in [6, 6.07) is 2.62. The number of ether oxygens (including phenoxy) is 3. The van der Waals surface area contributed by atoms with E-state index in [0.717, 1.165) is 25.9 Å². The highest BCUT2D eigenvalue weighted by Crippen LogP contribution is 2.49. The van der Waals surface area contributed by atoms with Gasteiger partial charge in [-0.05, 0) is 117 Å². The minimum Gasteiger partial charge on any atom is -0.490 e. The van der Waals surface area contributed by atoms with Crippen molar-refractivity contribution in [3.8, 4) is 11.5 Å². The maximum Gasteiger partial charge on any atom is 0.437 e. The molecule has 1 saturated carbocycles. The number of hydrogen-bond donors (Lipinski definition) is 3. The van der Waals surface area contributed by atoms with Crippen molar-refractivity contribution < 1.29 is 55.0 Å². The average Bonchev–Trinajstić information content (AvgIpc) is 3.94. The number of pyridine rings is 1. The summed E-state index contributed by atoms with van der Waals surface area (Å²) in [5, 5.41) is 5.95. The number of carbonyl (C=O) groups excluding carboxylic acids is 4. The van der Waals surface area contributed by atoms with Crippen LogP contribution in [0.1, 0.15) is 137 Å². The van der Waals surface area contributed by atoms with Gasteiger partial charge < -0.3 is 34.6 Å². The lowest BCUT2D eigenvalue weighted by molar-refractivity contribution is -0.144. The van der Waals surface area contributed by atoms with Gasteiger partial charge in [0.05, 0.1) is 16.8 Å². The Morgan fingerprint density at radius 1 is 1.00 bits per heavy atom. The Hall–Kier alpha value is -4.65. The topological polar surface area (TPSA) is 186 Å². The van der Waals surface area contributed by atoms with E-state index < -0.39 is 91.5 Å². The Morgan fingerprint density at radius 2 is 1.71 bits per heavy atom. The number of rotatable bonds is 9. The number of hydrogen-bond acceptors (Lipinski definition) is 11. The second-order valence-electron chi connectivity index (χ2n) is 20.8. The quantitative estimate of drug-likeness (QED) is 0.214. The number of aromatic nitrogens is 1. The standard InChI is InChI=1S/C49H69F3N6O9S/c1-29(2)32(6)65-45(62)54-38-15-13-11-9-10-12-14-31(5)47(8,44(61)56-68(63,64)46(7)22-23-46)55-42(59)39-27-48(28-58(39)43(38)60)21-18-35-36-26-34(66-33-19-24-57(25-20-33)30(3)4)16-17-37(36)53-41(40(35)67-48)49(50,51)52/h12,14,16-17,26,29-33,38-39H,9-11,13,15,18-25,27-28H2,1-8H3,(H,54,62)(H,55,59)(H,56,61)/b14-12-/t31-,32-,38-,39-,47+,48+/m0/s1. The molecule has 1 aromatic heterocycles. The zero-order valence-electron chi connectivity index (χ0n) is 40.6. The SMILES string of the molecule is CC(C)[C@H](C)OC(=O)N[C@H]1CCCCC/C=C\[C@H](C)[C@](C)(C(=O)NS(=O)(=O)C2(C)CC2)NC(=O)[C@@H]2C[C@]3(CCc4c(c(C(F)(F)F)nc5ccc(OC6CCN(C(C)C)CC6)cc45)O3)CN2C1=O. The van der Waals surface area contributed by atoms with E-state index in [-0.39, 0.29) is 55.3 Å². The second kappa shape index (κ2) is 19.6. The number of benzene rings is 1. The number of likely N-dealkylation sites (tertiary alicyclic amines) is 1. The van der Waals surface area contributed by atoms with E-state index in [2.05, 4.69) is 39.1 Å². The summed E-state index contributed by atoms with van der Waals surface area (Å²) in [5.41, 5.74) is -4.31. The van der Waals surface area contributed by atoms with Crippen LogP contribution in [0, 0.1) is 11.8 Å². The summed E-state index contributed by atoms with van der Waals surface area (Å²) in [6.45, 7) is 15.8. The normalized spacial score (nSPS) is 28.4. The van der Waals surface area contributed by atoms with Gasteiger partial charge in [-0.25, -0.2) is 18.2 Å².